The van der Waals surface area contributed by atoms with E-state index in [1.54, 1.807) is 0 Å². The highest BCUT2D eigenvalue weighted by molar-refractivity contribution is 5.79. The van der Waals surface area contributed by atoms with E-state index >= 15 is 0 Å². The molecular formula is C12H18F3NO. The number of alkyl halides is 3. The van der Waals surface area contributed by atoms with Gasteiger partial charge >= 0.3 is 6.18 Å². The van der Waals surface area contributed by atoms with E-state index in [1.807, 2.05) is 0 Å². The lowest BCUT2D eigenvalue weighted by Gasteiger charge is -2.33. The molecule has 0 aromatic carbocycles. The van der Waals surface area contributed by atoms with Gasteiger partial charge in [-0.15, -0.1) is 0 Å². The first-order valence-corrected chi connectivity index (χ1v) is 6.34. The zero-order chi connectivity index (χ0) is 12.5. The molecule has 0 aliphatic heterocycles. The maximum atomic E-state index is 12.6. The minimum absolute atomic E-state index is 0.0379. The highest BCUT2D eigenvalue weighted by Gasteiger charge is 2.42. The van der Waals surface area contributed by atoms with Gasteiger partial charge < -0.3 is 5.32 Å². The first-order valence-electron chi connectivity index (χ1n) is 6.34. The Morgan fingerprint density at radius 1 is 1.06 bits per heavy atom. The molecule has 5 heteroatoms. The number of hydrogen-bond acceptors (Lipinski definition) is 1. The van der Waals surface area contributed by atoms with E-state index in [4.69, 9.17) is 0 Å². The zero-order valence-corrected chi connectivity index (χ0v) is 9.72. The molecule has 1 N–H and O–H groups in total. The van der Waals surface area contributed by atoms with Crippen molar-refractivity contribution >= 4 is 5.91 Å². The summed E-state index contributed by atoms with van der Waals surface area (Å²) < 4.78 is 37.7. The summed E-state index contributed by atoms with van der Waals surface area (Å²) in [5.41, 5.74) is 0. The molecule has 0 aromatic heterocycles. The lowest BCUT2D eigenvalue weighted by Crippen LogP contribution is -2.45. The summed E-state index contributed by atoms with van der Waals surface area (Å²) in [6.45, 7) is 0. The summed E-state index contributed by atoms with van der Waals surface area (Å²) in [6.07, 6.45) is 0.238. The van der Waals surface area contributed by atoms with Crippen LogP contribution in [0.3, 0.4) is 0 Å². The smallest absolute Gasteiger partial charge is 0.353 e. The van der Waals surface area contributed by atoms with E-state index in [0.717, 1.165) is 19.3 Å². The van der Waals surface area contributed by atoms with Gasteiger partial charge in [0, 0.05) is 12.0 Å². The Balaban J connectivity index is 1.82. The topological polar surface area (TPSA) is 29.1 Å². The average Bonchev–Trinajstić information content (AvgIpc) is 2.13. The first kappa shape index (κ1) is 12.7. The van der Waals surface area contributed by atoms with Crippen LogP contribution < -0.4 is 5.32 Å². The summed E-state index contributed by atoms with van der Waals surface area (Å²) in [4.78, 5) is 11.7. The van der Waals surface area contributed by atoms with Gasteiger partial charge in [-0.2, -0.15) is 13.2 Å². The van der Waals surface area contributed by atoms with E-state index in [2.05, 4.69) is 5.32 Å². The van der Waals surface area contributed by atoms with Crippen LogP contribution in [0.4, 0.5) is 13.2 Å². The van der Waals surface area contributed by atoms with Crippen molar-refractivity contribution in [3.63, 3.8) is 0 Å². The molecule has 2 aliphatic rings. The second-order valence-electron chi connectivity index (χ2n) is 5.24. The molecule has 2 aliphatic carbocycles. The third-order valence-electron chi connectivity index (χ3n) is 3.96. The van der Waals surface area contributed by atoms with Crippen LogP contribution in [0.2, 0.25) is 0 Å². The van der Waals surface area contributed by atoms with Crippen LogP contribution in [-0.2, 0) is 4.79 Å². The summed E-state index contributed by atoms with van der Waals surface area (Å²) in [7, 11) is 0. The number of carbonyl (C=O) groups is 1. The maximum Gasteiger partial charge on any atom is 0.391 e. The van der Waals surface area contributed by atoms with Gasteiger partial charge in [0.15, 0.2) is 0 Å². The van der Waals surface area contributed by atoms with Crippen molar-refractivity contribution in [1.82, 2.24) is 5.32 Å². The minimum Gasteiger partial charge on any atom is -0.353 e. The van der Waals surface area contributed by atoms with Gasteiger partial charge in [-0.3, -0.25) is 4.79 Å². The van der Waals surface area contributed by atoms with E-state index < -0.39 is 12.1 Å². The fraction of sp³-hybridized carbons (Fsp3) is 0.917. The third kappa shape index (κ3) is 3.13. The van der Waals surface area contributed by atoms with Gasteiger partial charge in [-0.1, -0.05) is 12.8 Å². The SMILES string of the molecule is O=C(N[C@@H]1CCC[C@@H](C(F)(F)F)C1)C1CCC1. The highest BCUT2D eigenvalue weighted by Crippen LogP contribution is 2.37. The molecular weight excluding hydrogens is 231 g/mol. The van der Waals surface area contributed by atoms with Crippen LogP contribution in [-0.4, -0.2) is 18.1 Å². The summed E-state index contributed by atoms with van der Waals surface area (Å²) in [5.74, 6) is -1.21. The Hall–Kier alpha value is -0.740. The molecule has 2 atom stereocenters. The molecule has 0 spiro atoms. The standard InChI is InChI=1S/C12H18F3NO/c13-12(14,15)9-5-2-6-10(7-9)16-11(17)8-3-1-4-8/h8-10H,1-7H2,(H,16,17)/t9-,10-/m1/s1. The zero-order valence-electron chi connectivity index (χ0n) is 9.72. The fourth-order valence-corrected chi connectivity index (χ4v) is 2.61. The van der Waals surface area contributed by atoms with Crippen LogP contribution >= 0.6 is 0 Å². The third-order valence-corrected chi connectivity index (χ3v) is 3.96. The Labute approximate surface area is 98.9 Å². The molecule has 0 radical (unpaired) electrons. The van der Waals surface area contributed by atoms with Gasteiger partial charge in [0.1, 0.15) is 0 Å². The number of amides is 1. The molecule has 0 aromatic rings. The van der Waals surface area contributed by atoms with Crippen molar-refractivity contribution in [2.45, 2.75) is 57.2 Å². The van der Waals surface area contributed by atoms with E-state index in [0.29, 0.717) is 12.8 Å². The Morgan fingerprint density at radius 2 is 1.71 bits per heavy atom. The number of hydrogen-bond donors (Lipinski definition) is 1. The van der Waals surface area contributed by atoms with Crippen molar-refractivity contribution < 1.29 is 18.0 Å². The second kappa shape index (κ2) is 4.86. The normalized spacial score (nSPS) is 30.8. The molecule has 2 fully saturated rings. The van der Waals surface area contributed by atoms with Crippen molar-refractivity contribution in [2.24, 2.45) is 11.8 Å². The Kier molecular flexibility index (Phi) is 3.64. The largest absolute Gasteiger partial charge is 0.391 e. The monoisotopic (exact) mass is 249 g/mol. The molecule has 2 nitrogen and oxygen atoms in total. The first-order chi connectivity index (χ1) is 7.97. The summed E-state index contributed by atoms with van der Waals surface area (Å²) in [6, 6.07) is -0.275. The van der Waals surface area contributed by atoms with Gasteiger partial charge in [-0.25, -0.2) is 0 Å². The van der Waals surface area contributed by atoms with Crippen molar-refractivity contribution in [3.8, 4) is 0 Å². The van der Waals surface area contributed by atoms with E-state index in [-0.39, 0.29) is 30.7 Å². The number of rotatable bonds is 2. The number of halogens is 3. The molecule has 0 heterocycles. The lowest BCUT2D eigenvalue weighted by atomic mass is 9.82. The van der Waals surface area contributed by atoms with Crippen molar-refractivity contribution in [2.75, 3.05) is 0 Å². The minimum atomic E-state index is -4.11. The van der Waals surface area contributed by atoms with E-state index in [9.17, 15) is 18.0 Å². The molecule has 98 valence electrons. The quantitative estimate of drug-likeness (QED) is 0.800. The second-order valence-corrected chi connectivity index (χ2v) is 5.24. The molecule has 2 rings (SSSR count). The maximum absolute atomic E-state index is 12.6. The van der Waals surface area contributed by atoms with Crippen molar-refractivity contribution in [3.05, 3.63) is 0 Å². The molecule has 17 heavy (non-hydrogen) atoms. The highest BCUT2D eigenvalue weighted by atomic mass is 19.4. The Morgan fingerprint density at radius 3 is 2.24 bits per heavy atom. The molecule has 0 unspecified atom stereocenters. The number of carbonyl (C=O) groups excluding carboxylic acids is 1. The fourth-order valence-electron chi connectivity index (χ4n) is 2.61. The van der Waals surface area contributed by atoms with Crippen molar-refractivity contribution in [1.29, 1.82) is 0 Å². The predicted molar refractivity (Wildman–Crippen MR) is 57.3 cm³/mol. The van der Waals surface area contributed by atoms with E-state index in [1.165, 1.54) is 0 Å². The Bertz CT molecular complexity index is 286. The van der Waals surface area contributed by atoms with Gasteiger partial charge in [0.2, 0.25) is 5.91 Å². The van der Waals surface area contributed by atoms with Gasteiger partial charge in [0.05, 0.1) is 5.92 Å². The average molecular weight is 249 g/mol. The summed E-state index contributed by atoms with van der Waals surface area (Å²) >= 11 is 0. The van der Waals surface area contributed by atoms with Crippen LogP contribution in [0.5, 0.6) is 0 Å². The molecule has 0 saturated heterocycles. The molecule has 1 amide bonds. The number of nitrogens with one attached hydrogen (secondary N) is 1. The molecule has 0 bridgehead atoms. The predicted octanol–water partition coefficient (Wildman–Crippen LogP) is 3.02. The van der Waals surface area contributed by atoms with Gasteiger partial charge in [0.25, 0.3) is 0 Å². The van der Waals surface area contributed by atoms with Crippen LogP contribution in [0.1, 0.15) is 44.9 Å². The lowest BCUT2D eigenvalue weighted by molar-refractivity contribution is -0.184. The molecule has 2 saturated carbocycles. The van der Waals surface area contributed by atoms with Crippen LogP contribution in [0, 0.1) is 11.8 Å². The summed E-state index contributed by atoms with van der Waals surface area (Å²) in [5, 5.41) is 2.78. The van der Waals surface area contributed by atoms with Crippen LogP contribution in [0.25, 0.3) is 0 Å². The van der Waals surface area contributed by atoms with Crippen LogP contribution in [0.15, 0.2) is 0 Å². The van der Waals surface area contributed by atoms with Gasteiger partial charge in [-0.05, 0) is 32.1 Å².